The number of nitrogens with one attached hydrogen (secondary N) is 1. The number of nitrogens with zero attached hydrogens (tertiary/aromatic N) is 5. The van der Waals surface area contributed by atoms with E-state index in [4.69, 9.17) is 4.74 Å². The van der Waals surface area contributed by atoms with E-state index in [1.165, 1.54) is 16.8 Å². The molecule has 1 aromatic carbocycles. The van der Waals surface area contributed by atoms with E-state index >= 15 is 0 Å². The molecule has 1 fully saturated rings. The van der Waals surface area contributed by atoms with Crippen LogP contribution in [0.5, 0.6) is 5.75 Å². The Hall–Kier alpha value is -2.71. The van der Waals surface area contributed by atoms with Gasteiger partial charge in [-0.1, -0.05) is 0 Å². The van der Waals surface area contributed by atoms with Crippen molar-refractivity contribution in [1.29, 1.82) is 0 Å². The minimum absolute atomic E-state index is 0.0186. The first-order valence-electron chi connectivity index (χ1n) is 8.22. The Labute approximate surface area is 145 Å². The molecule has 0 bridgehead atoms. The number of aromatic nitrogens is 4. The lowest BCUT2D eigenvalue weighted by Crippen LogP contribution is -2.46. The molecule has 2 atom stereocenters. The minimum atomic E-state index is -0.304. The highest BCUT2D eigenvalue weighted by Gasteiger charge is 2.30. The molecule has 8 nitrogen and oxygen atoms in total. The summed E-state index contributed by atoms with van der Waals surface area (Å²) in [6.45, 7) is 2.88. The number of aryl methyl sites for hydroxylation is 1. The summed E-state index contributed by atoms with van der Waals surface area (Å²) < 4.78 is 20.2. The summed E-state index contributed by atoms with van der Waals surface area (Å²) >= 11 is 0. The standard InChI is InChI=1S/C16H21FN6O2/c1-11(15-19-20-21-22(15)2)18-16(24)23-9-3-4-13(23)10-25-14-7-5-12(17)6-8-14/h5-8,11,13H,3-4,9-10H2,1-2H3,(H,18,24)/t11?,13-/m0/s1. The smallest absolute Gasteiger partial charge is 0.318 e. The molecule has 1 N–H and O–H groups in total. The molecule has 0 radical (unpaired) electrons. The number of rotatable bonds is 5. The number of benzene rings is 1. The summed E-state index contributed by atoms with van der Waals surface area (Å²) in [6, 6.07) is 5.38. The Morgan fingerprint density at radius 2 is 2.20 bits per heavy atom. The topological polar surface area (TPSA) is 85.2 Å². The number of hydrogen-bond acceptors (Lipinski definition) is 5. The van der Waals surface area contributed by atoms with Crippen molar-refractivity contribution < 1.29 is 13.9 Å². The number of urea groups is 1. The number of amides is 2. The van der Waals surface area contributed by atoms with Crippen molar-refractivity contribution in [1.82, 2.24) is 30.4 Å². The summed E-state index contributed by atoms with van der Waals surface area (Å²) in [7, 11) is 1.73. The zero-order valence-corrected chi connectivity index (χ0v) is 14.2. The average Bonchev–Trinajstić information content (AvgIpc) is 3.23. The van der Waals surface area contributed by atoms with Crippen molar-refractivity contribution in [3.8, 4) is 5.75 Å². The van der Waals surface area contributed by atoms with Crippen LogP contribution in [0.15, 0.2) is 24.3 Å². The van der Waals surface area contributed by atoms with E-state index < -0.39 is 0 Å². The first-order valence-corrected chi connectivity index (χ1v) is 8.22. The highest BCUT2D eigenvalue weighted by Crippen LogP contribution is 2.20. The van der Waals surface area contributed by atoms with E-state index in [2.05, 4.69) is 20.8 Å². The molecule has 2 aromatic rings. The maximum Gasteiger partial charge on any atom is 0.318 e. The van der Waals surface area contributed by atoms with Crippen molar-refractivity contribution in [2.24, 2.45) is 7.05 Å². The summed E-state index contributed by atoms with van der Waals surface area (Å²) in [5, 5.41) is 14.2. The van der Waals surface area contributed by atoms with E-state index in [9.17, 15) is 9.18 Å². The molecule has 1 saturated heterocycles. The molecule has 9 heteroatoms. The van der Waals surface area contributed by atoms with Gasteiger partial charge in [0.15, 0.2) is 5.82 Å². The van der Waals surface area contributed by atoms with Crippen LogP contribution in [-0.4, -0.2) is 50.3 Å². The van der Waals surface area contributed by atoms with Gasteiger partial charge in [0.05, 0.1) is 12.1 Å². The Kier molecular flexibility index (Phi) is 5.11. The Morgan fingerprint density at radius 1 is 1.44 bits per heavy atom. The fraction of sp³-hybridized carbons (Fsp3) is 0.500. The molecular formula is C16H21FN6O2. The fourth-order valence-corrected chi connectivity index (χ4v) is 2.94. The van der Waals surface area contributed by atoms with Crippen LogP contribution < -0.4 is 10.1 Å². The van der Waals surface area contributed by atoms with E-state index in [0.717, 1.165) is 12.8 Å². The maximum absolute atomic E-state index is 12.9. The Morgan fingerprint density at radius 3 is 2.88 bits per heavy atom. The van der Waals surface area contributed by atoms with Crippen LogP contribution in [0.1, 0.15) is 31.6 Å². The number of ether oxygens (including phenoxy) is 1. The van der Waals surface area contributed by atoms with Crippen molar-refractivity contribution in [2.75, 3.05) is 13.2 Å². The molecule has 1 aliphatic heterocycles. The molecule has 1 unspecified atom stereocenters. The number of halogens is 1. The minimum Gasteiger partial charge on any atom is -0.491 e. The second kappa shape index (κ2) is 7.45. The number of likely N-dealkylation sites (tertiary alicyclic amines) is 1. The van der Waals surface area contributed by atoms with Crippen LogP contribution >= 0.6 is 0 Å². The summed E-state index contributed by atoms with van der Waals surface area (Å²) in [6.07, 6.45) is 1.79. The van der Waals surface area contributed by atoms with Gasteiger partial charge in [-0.3, -0.25) is 0 Å². The van der Waals surface area contributed by atoms with Crippen LogP contribution in [-0.2, 0) is 7.05 Å². The third-order valence-electron chi connectivity index (χ3n) is 4.27. The lowest BCUT2D eigenvalue weighted by atomic mass is 10.2. The van der Waals surface area contributed by atoms with Gasteiger partial charge in [-0.05, 0) is 54.5 Å². The third-order valence-corrected chi connectivity index (χ3v) is 4.27. The number of carbonyl (C=O) groups is 1. The van der Waals surface area contributed by atoms with Crippen LogP contribution in [0.2, 0.25) is 0 Å². The van der Waals surface area contributed by atoms with E-state index in [-0.39, 0.29) is 23.9 Å². The van der Waals surface area contributed by atoms with Crippen molar-refractivity contribution in [2.45, 2.75) is 31.8 Å². The van der Waals surface area contributed by atoms with Gasteiger partial charge in [-0.25, -0.2) is 13.9 Å². The van der Waals surface area contributed by atoms with E-state index in [1.807, 2.05) is 6.92 Å². The zero-order valence-electron chi connectivity index (χ0n) is 14.2. The van der Waals surface area contributed by atoms with Crippen LogP contribution in [0.3, 0.4) is 0 Å². The van der Waals surface area contributed by atoms with Crippen LogP contribution in [0.4, 0.5) is 9.18 Å². The lowest BCUT2D eigenvalue weighted by Gasteiger charge is -2.26. The SMILES string of the molecule is CC(NC(=O)N1CCC[C@H]1COc1ccc(F)cc1)c1nnnn1C. The van der Waals surface area contributed by atoms with Gasteiger partial charge in [-0.2, -0.15) is 0 Å². The Bertz CT molecular complexity index is 720. The normalized spacial score (nSPS) is 18.2. The zero-order chi connectivity index (χ0) is 17.8. The van der Waals surface area contributed by atoms with Crippen molar-refractivity contribution in [3.05, 3.63) is 35.9 Å². The first kappa shape index (κ1) is 17.1. The summed E-state index contributed by atoms with van der Waals surface area (Å²) in [4.78, 5) is 14.3. The van der Waals surface area contributed by atoms with Gasteiger partial charge in [0.2, 0.25) is 0 Å². The largest absolute Gasteiger partial charge is 0.491 e. The number of carbonyl (C=O) groups excluding carboxylic acids is 1. The van der Waals surface area contributed by atoms with Gasteiger partial charge in [0.25, 0.3) is 0 Å². The van der Waals surface area contributed by atoms with Crippen molar-refractivity contribution >= 4 is 6.03 Å². The van der Waals surface area contributed by atoms with Crippen LogP contribution in [0, 0.1) is 5.82 Å². The summed E-state index contributed by atoms with van der Waals surface area (Å²) in [5.74, 6) is 0.875. The molecular weight excluding hydrogens is 327 g/mol. The number of hydrogen-bond donors (Lipinski definition) is 1. The molecule has 25 heavy (non-hydrogen) atoms. The van der Waals surface area contributed by atoms with Gasteiger partial charge in [0, 0.05) is 13.6 Å². The quantitative estimate of drug-likeness (QED) is 0.888. The molecule has 2 heterocycles. The molecule has 0 aliphatic carbocycles. The third kappa shape index (κ3) is 4.04. The average molecular weight is 348 g/mol. The second-order valence-corrected chi connectivity index (χ2v) is 6.09. The monoisotopic (exact) mass is 348 g/mol. The van der Waals surface area contributed by atoms with E-state index in [1.54, 1.807) is 24.1 Å². The molecule has 1 aliphatic rings. The Balaban J connectivity index is 1.56. The highest BCUT2D eigenvalue weighted by molar-refractivity contribution is 5.75. The van der Waals surface area contributed by atoms with Crippen LogP contribution in [0.25, 0.3) is 0 Å². The predicted octanol–water partition coefficient (Wildman–Crippen LogP) is 1.66. The number of tetrazole rings is 1. The molecule has 0 spiro atoms. The molecule has 134 valence electrons. The van der Waals surface area contributed by atoms with Gasteiger partial charge < -0.3 is 15.0 Å². The fourth-order valence-electron chi connectivity index (χ4n) is 2.94. The first-order chi connectivity index (χ1) is 12.0. The summed E-state index contributed by atoms with van der Waals surface area (Å²) in [5.41, 5.74) is 0. The van der Waals surface area contributed by atoms with Gasteiger partial charge in [0.1, 0.15) is 18.2 Å². The molecule has 0 saturated carbocycles. The maximum atomic E-state index is 12.9. The second-order valence-electron chi connectivity index (χ2n) is 6.09. The van der Waals surface area contributed by atoms with Gasteiger partial charge >= 0.3 is 6.03 Å². The van der Waals surface area contributed by atoms with Crippen molar-refractivity contribution in [3.63, 3.8) is 0 Å². The highest BCUT2D eigenvalue weighted by atomic mass is 19.1. The predicted molar refractivity (Wildman–Crippen MR) is 87.4 cm³/mol. The van der Waals surface area contributed by atoms with Gasteiger partial charge in [-0.15, -0.1) is 5.10 Å². The molecule has 1 aromatic heterocycles. The van der Waals surface area contributed by atoms with E-state index in [0.29, 0.717) is 24.7 Å². The molecule has 3 rings (SSSR count). The molecule has 2 amide bonds. The lowest BCUT2D eigenvalue weighted by molar-refractivity contribution is 0.162.